The number of carboxylic acid groups (broad SMARTS) is 1. The third-order valence-corrected chi connectivity index (χ3v) is 4.48. The van der Waals surface area contributed by atoms with Gasteiger partial charge >= 0.3 is 0 Å². The Kier molecular flexibility index (Phi) is 7.91. The normalized spacial score (nSPS) is 16.5. The Hall–Kier alpha value is -2.97. The molecular formula is C20H25N3O5. The summed E-state index contributed by atoms with van der Waals surface area (Å²) in [7, 11) is 0. The van der Waals surface area contributed by atoms with Crippen molar-refractivity contribution in [2.75, 3.05) is 16.8 Å². The van der Waals surface area contributed by atoms with Crippen molar-refractivity contribution in [2.24, 2.45) is 0 Å². The summed E-state index contributed by atoms with van der Waals surface area (Å²) in [5.74, 6) is 0.153. The van der Waals surface area contributed by atoms with Crippen molar-refractivity contribution < 1.29 is 24.9 Å². The lowest BCUT2D eigenvalue weighted by Crippen LogP contribution is -2.34. The minimum atomic E-state index is -0.970. The maximum absolute atomic E-state index is 11.8. The van der Waals surface area contributed by atoms with Crippen LogP contribution in [0.4, 0.5) is 11.4 Å². The Labute approximate surface area is 163 Å². The topological polar surface area (TPSA) is 123 Å². The molecule has 1 fully saturated rings. The van der Waals surface area contributed by atoms with Gasteiger partial charge in [-0.25, -0.2) is 0 Å². The first-order chi connectivity index (χ1) is 13.5. The average Bonchev–Trinajstić information content (AvgIpc) is 3.13. The molecule has 0 spiro atoms. The number of hydrogen-bond donors (Lipinski definition) is 4. The van der Waals surface area contributed by atoms with E-state index in [0.717, 1.165) is 29.9 Å². The van der Waals surface area contributed by atoms with Gasteiger partial charge < -0.3 is 25.5 Å². The van der Waals surface area contributed by atoms with E-state index in [1.807, 2.05) is 24.3 Å². The summed E-state index contributed by atoms with van der Waals surface area (Å²) in [6, 6.07) is 10.7. The number of aliphatic hydroxyl groups excluding tert-OH is 2. The Bertz CT molecular complexity index is 752. The van der Waals surface area contributed by atoms with Gasteiger partial charge in [-0.2, -0.15) is 0 Å². The van der Waals surface area contributed by atoms with Crippen LogP contribution < -0.4 is 10.2 Å². The number of nitrogens with zero attached hydrogens (tertiary/aromatic N) is 2. The summed E-state index contributed by atoms with van der Waals surface area (Å²) in [4.78, 5) is 26.0. The SMILES string of the molecule is C[C@H](O)[C@@H](O)[C@H](Nc1ccc(N2CCCC2=O)cc1)c1ccncc1.O=CO. The standard InChI is InChI=1S/C19H23N3O3.CH2O2/c1-13(23)19(25)18(14-8-10-20-11-9-14)21-15-4-6-16(7-5-15)22-12-2-3-17(22)24;2-1-3/h4-11,13,18-19,21,23,25H,2-3,12H2,1H3;1H,(H,2,3)/t13-,18+,19+;/m0./s1. The van der Waals surface area contributed by atoms with Crippen molar-refractivity contribution in [1.29, 1.82) is 0 Å². The smallest absolute Gasteiger partial charge is 0.290 e. The molecule has 1 aromatic heterocycles. The highest BCUT2D eigenvalue weighted by Gasteiger charge is 2.25. The molecule has 28 heavy (non-hydrogen) atoms. The molecule has 0 unspecified atom stereocenters. The Morgan fingerprint density at radius 3 is 2.25 bits per heavy atom. The van der Waals surface area contributed by atoms with Crippen LogP contribution in [0.15, 0.2) is 48.8 Å². The fourth-order valence-electron chi connectivity index (χ4n) is 3.05. The lowest BCUT2D eigenvalue weighted by atomic mass is 9.98. The van der Waals surface area contributed by atoms with Crippen LogP contribution in [0, 0.1) is 0 Å². The van der Waals surface area contributed by atoms with E-state index in [-0.39, 0.29) is 12.4 Å². The molecule has 1 aliphatic heterocycles. The molecule has 3 rings (SSSR count). The lowest BCUT2D eigenvalue weighted by molar-refractivity contribution is -0.123. The average molecular weight is 387 g/mol. The highest BCUT2D eigenvalue weighted by atomic mass is 16.3. The first-order valence-corrected chi connectivity index (χ1v) is 8.98. The van der Waals surface area contributed by atoms with Crippen LogP contribution in [-0.2, 0) is 9.59 Å². The van der Waals surface area contributed by atoms with Gasteiger partial charge in [0.1, 0.15) is 6.10 Å². The van der Waals surface area contributed by atoms with Gasteiger partial charge in [0.2, 0.25) is 5.91 Å². The van der Waals surface area contributed by atoms with E-state index in [1.54, 1.807) is 36.4 Å². The molecule has 0 radical (unpaired) electrons. The number of carbonyl (C=O) groups is 2. The molecule has 1 saturated heterocycles. The summed E-state index contributed by atoms with van der Waals surface area (Å²) in [6.45, 7) is 2.06. The highest BCUT2D eigenvalue weighted by molar-refractivity contribution is 5.95. The summed E-state index contributed by atoms with van der Waals surface area (Å²) < 4.78 is 0. The van der Waals surface area contributed by atoms with Gasteiger partial charge in [-0.1, -0.05) is 0 Å². The molecular weight excluding hydrogens is 362 g/mol. The number of anilines is 2. The zero-order valence-corrected chi connectivity index (χ0v) is 15.6. The van der Waals surface area contributed by atoms with Gasteiger partial charge in [-0.05, 0) is 55.3 Å². The maximum atomic E-state index is 11.8. The predicted molar refractivity (Wildman–Crippen MR) is 105 cm³/mol. The number of hydrogen-bond acceptors (Lipinski definition) is 6. The number of carbonyl (C=O) groups excluding carboxylic acids is 1. The summed E-state index contributed by atoms with van der Waals surface area (Å²) in [6.07, 6.45) is 2.95. The second-order valence-electron chi connectivity index (χ2n) is 6.43. The fourth-order valence-corrected chi connectivity index (χ4v) is 3.05. The van der Waals surface area contributed by atoms with Gasteiger partial charge in [-0.3, -0.25) is 14.6 Å². The Balaban J connectivity index is 0.000000878. The third-order valence-electron chi connectivity index (χ3n) is 4.48. The summed E-state index contributed by atoms with van der Waals surface area (Å²) >= 11 is 0. The van der Waals surface area contributed by atoms with Crippen molar-refractivity contribution in [3.63, 3.8) is 0 Å². The lowest BCUT2D eigenvalue weighted by Gasteiger charge is -2.27. The minimum absolute atomic E-state index is 0.153. The van der Waals surface area contributed by atoms with Crippen molar-refractivity contribution in [3.8, 4) is 0 Å². The molecule has 8 heteroatoms. The van der Waals surface area contributed by atoms with Crippen LogP contribution in [0.1, 0.15) is 31.4 Å². The number of pyridine rings is 1. The highest BCUT2D eigenvalue weighted by Crippen LogP contribution is 2.27. The van der Waals surface area contributed by atoms with Crippen LogP contribution in [-0.4, -0.2) is 51.4 Å². The van der Waals surface area contributed by atoms with Crippen molar-refractivity contribution in [3.05, 3.63) is 54.4 Å². The van der Waals surface area contributed by atoms with E-state index >= 15 is 0 Å². The molecule has 1 aromatic carbocycles. The van der Waals surface area contributed by atoms with Gasteiger partial charge in [0.05, 0.1) is 12.1 Å². The number of rotatable bonds is 6. The van der Waals surface area contributed by atoms with Crippen LogP contribution in [0.5, 0.6) is 0 Å². The van der Waals surface area contributed by atoms with Gasteiger partial charge in [-0.15, -0.1) is 0 Å². The molecule has 2 heterocycles. The van der Waals surface area contributed by atoms with Crippen LogP contribution >= 0.6 is 0 Å². The monoisotopic (exact) mass is 387 g/mol. The zero-order valence-electron chi connectivity index (χ0n) is 15.6. The van der Waals surface area contributed by atoms with Crippen molar-refractivity contribution in [2.45, 2.75) is 38.0 Å². The number of nitrogens with one attached hydrogen (secondary N) is 1. The molecule has 1 amide bonds. The summed E-state index contributed by atoms with van der Waals surface area (Å²) in [5, 5.41) is 30.3. The molecule has 1 aliphatic rings. The Morgan fingerprint density at radius 1 is 1.14 bits per heavy atom. The summed E-state index contributed by atoms with van der Waals surface area (Å²) in [5.41, 5.74) is 2.52. The van der Waals surface area contributed by atoms with E-state index in [4.69, 9.17) is 9.90 Å². The molecule has 8 nitrogen and oxygen atoms in total. The van der Waals surface area contributed by atoms with Gasteiger partial charge in [0.15, 0.2) is 0 Å². The van der Waals surface area contributed by atoms with Crippen molar-refractivity contribution in [1.82, 2.24) is 4.98 Å². The third kappa shape index (κ3) is 5.51. The molecule has 0 aliphatic carbocycles. The molecule has 0 bridgehead atoms. The van der Waals surface area contributed by atoms with E-state index in [0.29, 0.717) is 6.42 Å². The van der Waals surface area contributed by atoms with Crippen LogP contribution in [0.3, 0.4) is 0 Å². The van der Waals surface area contributed by atoms with E-state index in [9.17, 15) is 15.0 Å². The van der Waals surface area contributed by atoms with Gasteiger partial charge in [0, 0.05) is 36.7 Å². The quantitative estimate of drug-likeness (QED) is 0.557. The minimum Gasteiger partial charge on any atom is -0.483 e. The molecule has 2 aromatic rings. The molecule has 4 N–H and O–H groups in total. The van der Waals surface area contributed by atoms with E-state index in [1.165, 1.54) is 0 Å². The maximum Gasteiger partial charge on any atom is 0.290 e. The number of amides is 1. The second kappa shape index (κ2) is 10.4. The number of aliphatic hydroxyl groups is 2. The number of aromatic nitrogens is 1. The van der Waals surface area contributed by atoms with Crippen molar-refractivity contribution >= 4 is 23.8 Å². The predicted octanol–water partition coefficient (Wildman–Crippen LogP) is 1.80. The first kappa shape index (κ1) is 21.3. The van der Waals surface area contributed by atoms with Crippen LogP contribution in [0.25, 0.3) is 0 Å². The number of benzene rings is 1. The molecule has 0 saturated carbocycles. The fraction of sp³-hybridized carbons (Fsp3) is 0.350. The Morgan fingerprint density at radius 2 is 1.75 bits per heavy atom. The molecule has 150 valence electrons. The second-order valence-corrected chi connectivity index (χ2v) is 6.43. The van der Waals surface area contributed by atoms with Crippen LogP contribution in [0.2, 0.25) is 0 Å². The van der Waals surface area contributed by atoms with E-state index < -0.39 is 18.2 Å². The van der Waals surface area contributed by atoms with Gasteiger partial charge in [0.25, 0.3) is 6.47 Å². The zero-order chi connectivity index (χ0) is 20.5. The van der Waals surface area contributed by atoms with E-state index in [2.05, 4.69) is 10.3 Å². The first-order valence-electron chi connectivity index (χ1n) is 8.98. The largest absolute Gasteiger partial charge is 0.483 e. The molecule has 3 atom stereocenters.